The largest absolute Gasteiger partial charge is 0.354 e. The lowest BCUT2D eigenvalue weighted by atomic mass is 10.4. The summed E-state index contributed by atoms with van der Waals surface area (Å²) >= 11 is 0. The van der Waals surface area contributed by atoms with E-state index >= 15 is 0 Å². The molecule has 2 N–H and O–H groups in total. The molecule has 0 radical (unpaired) electrons. The number of nitrogens with zero attached hydrogens (tertiary/aromatic N) is 1. The van der Waals surface area contributed by atoms with Crippen molar-refractivity contribution < 1.29 is 13.2 Å². The summed E-state index contributed by atoms with van der Waals surface area (Å²) in [6.07, 6.45) is 0.274. The Balaban J connectivity index is 3.53. The number of hydrogen-bond acceptors (Lipinski definition) is 5. The van der Waals surface area contributed by atoms with Crippen LogP contribution in [0, 0.1) is 11.3 Å². The molecule has 0 rings (SSSR count). The van der Waals surface area contributed by atoms with E-state index in [1.807, 2.05) is 6.07 Å². The zero-order chi connectivity index (χ0) is 12.4. The molecule has 0 aliphatic heterocycles. The van der Waals surface area contributed by atoms with Crippen LogP contribution in [0.4, 0.5) is 0 Å². The number of carbonyl (C=O) groups is 1. The second-order valence-electron chi connectivity index (χ2n) is 3.17. The molecule has 0 saturated heterocycles. The molecule has 7 heteroatoms. The van der Waals surface area contributed by atoms with E-state index in [9.17, 15) is 13.2 Å². The van der Waals surface area contributed by atoms with E-state index in [4.69, 9.17) is 5.26 Å². The molecule has 0 atom stereocenters. The summed E-state index contributed by atoms with van der Waals surface area (Å²) < 4.78 is 22.2. The predicted octanol–water partition coefficient (Wildman–Crippen LogP) is -0.959. The number of hydrogen-bond donors (Lipinski definition) is 2. The van der Waals surface area contributed by atoms with Crippen LogP contribution in [0.1, 0.15) is 13.3 Å². The Morgan fingerprint density at radius 2 is 2.06 bits per heavy atom. The van der Waals surface area contributed by atoms with Crippen LogP contribution in [0.25, 0.3) is 0 Å². The lowest BCUT2D eigenvalue weighted by molar-refractivity contribution is -0.120. The third-order valence-corrected chi connectivity index (χ3v) is 3.58. The van der Waals surface area contributed by atoms with Crippen molar-refractivity contribution in [3.8, 4) is 6.07 Å². The fourth-order valence-corrected chi connectivity index (χ4v) is 1.64. The molecule has 16 heavy (non-hydrogen) atoms. The summed E-state index contributed by atoms with van der Waals surface area (Å²) in [6.45, 7) is 2.25. The van der Waals surface area contributed by atoms with E-state index in [0.29, 0.717) is 6.54 Å². The van der Waals surface area contributed by atoms with Gasteiger partial charge in [0.2, 0.25) is 5.91 Å². The Hall–Kier alpha value is -1.13. The zero-order valence-electron chi connectivity index (χ0n) is 9.32. The first kappa shape index (κ1) is 14.9. The molecule has 0 saturated carbocycles. The molecule has 0 aromatic carbocycles. The van der Waals surface area contributed by atoms with E-state index in [1.54, 1.807) is 6.92 Å². The average Bonchev–Trinajstić information content (AvgIpc) is 2.25. The molecule has 92 valence electrons. The van der Waals surface area contributed by atoms with Crippen molar-refractivity contribution in [2.45, 2.75) is 13.3 Å². The van der Waals surface area contributed by atoms with Crippen molar-refractivity contribution >= 4 is 15.7 Å². The monoisotopic (exact) mass is 247 g/mol. The minimum absolute atomic E-state index is 0.0367. The number of carbonyl (C=O) groups excluding carboxylic acids is 1. The van der Waals surface area contributed by atoms with E-state index in [2.05, 4.69) is 10.6 Å². The van der Waals surface area contributed by atoms with Gasteiger partial charge in [0.15, 0.2) is 9.84 Å². The summed E-state index contributed by atoms with van der Waals surface area (Å²) in [4.78, 5) is 11.1. The third-order valence-electron chi connectivity index (χ3n) is 1.87. The maximum absolute atomic E-state index is 11.1. The van der Waals surface area contributed by atoms with Gasteiger partial charge in [0.1, 0.15) is 0 Å². The average molecular weight is 247 g/mol. The quantitative estimate of drug-likeness (QED) is 0.538. The van der Waals surface area contributed by atoms with Crippen molar-refractivity contribution in [1.29, 1.82) is 5.26 Å². The third kappa shape index (κ3) is 8.20. The molecule has 0 aromatic rings. The van der Waals surface area contributed by atoms with Crippen molar-refractivity contribution in [1.82, 2.24) is 10.6 Å². The topological polar surface area (TPSA) is 99.1 Å². The molecule has 0 spiro atoms. The highest BCUT2D eigenvalue weighted by Gasteiger charge is 2.06. The minimum atomic E-state index is -2.98. The first-order valence-corrected chi connectivity index (χ1v) is 6.88. The molecule has 0 aliphatic carbocycles. The highest BCUT2D eigenvalue weighted by molar-refractivity contribution is 7.91. The zero-order valence-corrected chi connectivity index (χ0v) is 10.1. The van der Waals surface area contributed by atoms with Gasteiger partial charge in [-0.2, -0.15) is 5.26 Å². The maximum Gasteiger partial charge on any atom is 0.233 e. The van der Waals surface area contributed by atoms with Crippen molar-refractivity contribution in [3.05, 3.63) is 0 Å². The highest BCUT2D eigenvalue weighted by atomic mass is 32.2. The fraction of sp³-hybridized carbons (Fsp3) is 0.778. The van der Waals surface area contributed by atoms with E-state index in [1.165, 1.54) is 0 Å². The SMILES string of the molecule is CCS(=O)(=O)CCNCC(=O)NCCC#N. The summed E-state index contributed by atoms with van der Waals surface area (Å²) in [5.74, 6) is -0.0815. The van der Waals surface area contributed by atoms with Gasteiger partial charge in [-0.05, 0) is 0 Å². The summed E-state index contributed by atoms with van der Waals surface area (Å²) in [7, 11) is -2.98. The number of rotatable bonds is 8. The summed E-state index contributed by atoms with van der Waals surface area (Å²) in [5, 5.41) is 13.5. The maximum atomic E-state index is 11.1. The second kappa shape index (κ2) is 8.07. The van der Waals surface area contributed by atoms with Crippen LogP contribution in [0.2, 0.25) is 0 Å². The Morgan fingerprint density at radius 3 is 2.62 bits per heavy atom. The number of nitriles is 1. The molecule has 0 unspecified atom stereocenters. The van der Waals surface area contributed by atoms with Crippen LogP contribution in [-0.4, -0.2) is 45.5 Å². The molecule has 1 amide bonds. The van der Waals surface area contributed by atoms with Crippen LogP contribution >= 0.6 is 0 Å². The van der Waals surface area contributed by atoms with Crippen LogP contribution in [0.5, 0.6) is 0 Å². The first-order valence-electron chi connectivity index (χ1n) is 5.06. The normalized spacial score (nSPS) is 10.8. The summed E-state index contributed by atoms with van der Waals surface area (Å²) in [6, 6.07) is 1.90. The van der Waals surface area contributed by atoms with E-state index in [0.717, 1.165) is 0 Å². The fourth-order valence-electron chi connectivity index (χ4n) is 0.894. The molecular formula is C9H17N3O3S. The number of nitrogens with one attached hydrogen (secondary N) is 2. The lowest BCUT2D eigenvalue weighted by Gasteiger charge is -2.05. The predicted molar refractivity (Wildman–Crippen MR) is 60.4 cm³/mol. The first-order chi connectivity index (χ1) is 7.52. The van der Waals surface area contributed by atoms with E-state index < -0.39 is 9.84 Å². The van der Waals surface area contributed by atoms with Crippen LogP contribution in [-0.2, 0) is 14.6 Å². The Morgan fingerprint density at radius 1 is 1.38 bits per heavy atom. The van der Waals surface area contributed by atoms with Gasteiger partial charge in [-0.15, -0.1) is 0 Å². The Kier molecular flexibility index (Phi) is 7.50. The number of sulfone groups is 1. The lowest BCUT2D eigenvalue weighted by Crippen LogP contribution is -2.36. The second-order valence-corrected chi connectivity index (χ2v) is 5.64. The standard InChI is InChI=1S/C9H17N3O3S/c1-2-16(14,15)7-6-11-8-9(13)12-5-3-4-10/h11H,2-3,5-8H2,1H3,(H,12,13). The smallest absolute Gasteiger partial charge is 0.233 e. The molecule has 0 fully saturated rings. The van der Waals surface area contributed by atoms with Crippen molar-refractivity contribution in [2.24, 2.45) is 0 Å². The van der Waals surface area contributed by atoms with Crippen molar-refractivity contribution in [3.63, 3.8) is 0 Å². The molecule has 0 aromatic heterocycles. The van der Waals surface area contributed by atoms with Crippen LogP contribution in [0.3, 0.4) is 0 Å². The molecule has 0 heterocycles. The minimum Gasteiger partial charge on any atom is -0.354 e. The van der Waals surface area contributed by atoms with Gasteiger partial charge in [0.25, 0.3) is 0 Å². The van der Waals surface area contributed by atoms with Gasteiger partial charge in [0.05, 0.1) is 24.8 Å². The van der Waals surface area contributed by atoms with Gasteiger partial charge in [0, 0.05) is 18.8 Å². The van der Waals surface area contributed by atoms with Gasteiger partial charge in [-0.25, -0.2) is 8.42 Å². The Labute approximate surface area is 95.9 Å². The molecule has 0 bridgehead atoms. The highest BCUT2D eigenvalue weighted by Crippen LogP contribution is 1.86. The van der Waals surface area contributed by atoms with Crippen molar-refractivity contribution in [2.75, 3.05) is 31.1 Å². The van der Waals surface area contributed by atoms with Crippen LogP contribution in [0.15, 0.2) is 0 Å². The molecular weight excluding hydrogens is 230 g/mol. The summed E-state index contributed by atoms with van der Waals surface area (Å²) in [5.41, 5.74) is 0. The van der Waals surface area contributed by atoms with Gasteiger partial charge in [-0.1, -0.05) is 6.92 Å². The van der Waals surface area contributed by atoms with Gasteiger partial charge in [-0.3, -0.25) is 4.79 Å². The van der Waals surface area contributed by atoms with E-state index in [-0.39, 0.29) is 36.9 Å². The van der Waals surface area contributed by atoms with Gasteiger partial charge >= 0.3 is 0 Å². The number of amides is 1. The molecule has 0 aliphatic rings. The molecule has 6 nitrogen and oxygen atoms in total. The van der Waals surface area contributed by atoms with Crippen LogP contribution < -0.4 is 10.6 Å². The van der Waals surface area contributed by atoms with Gasteiger partial charge < -0.3 is 10.6 Å². The Bertz CT molecular complexity index is 346.